The fourth-order valence-corrected chi connectivity index (χ4v) is 1.91. The first-order valence-corrected chi connectivity index (χ1v) is 5.72. The first-order valence-electron chi connectivity index (χ1n) is 4.93. The van der Waals surface area contributed by atoms with E-state index >= 15 is 0 Å². The molecule has 2 aromatic rings. The molecular weight excluding hydrogens is 309 g/mol. The molecule has 0 aliphatic carbocycles. The lowest BCUT2D eigenvalue weighted by atomic mass is 10.0. The molecule has 0 bridgehead atoms. The molecule has 0 radical (unpaired) electrons. The summed E-state index contributed by atoms with van der Waals surface area (Å²) in [5.41, 5.74) is -0.437. The van der Waals surface area contributed by atoms with Gasteiger partial charge in [0.2, 0.25) is 0 Å². The highest BCUT2D eigenvalue weighted by Crippen LogP contribution is 2.31. The van der Waals surface area contributed by atoms with Gasteiger partial charge in [-0.3, -0.25) is 4.79 Å². The molecule has 18 heavy (non-hydrogen) atoms. The van der Waals surface area contributed by atoms with Gasteiger partial charge in [0.25, 0.3) is 0 Å². The summed E-state index contributed by atoms with van der Waals surface area (Å²) in [5, 5.41) is 0. The molecule has 0 aliphatic rings. The maximum atomic E-state index is 13.8. The van der Waals surface area contributed by atoms with E-state index in [2.05, 4.69) is 15.9 Å². The monoisotopic (exact) mass is 314 g/mol. The van der Waals surface area contributed by atoms with E-state index in [-0.39, 0.29) is 21.2 Å². The van der Waals surface area contributed by atoms with Gasteiger partial charge in [0.05, 0.1) is 15.6 Å². The molecule has 0 aliphatic heterocycles. The van der Waals surface area contributed by atoms with E-state index < -0.39 is 17.5 Å². The summed E-state index contributed by atoms with van der Waals surface area (Å²) >= 11 is 2.94. The van der Waals surface area contributed by atoms with Crippen LogP contribution in [0.5, 0.6) is 0 Å². The molecule has 2 aromatic carbocycles. The molecule has 0 N–H and O–H groups in total. The van der Waals surface area contributed by atoms with Gasteiger partial charge < -0.3 is 0 Å². The van der Waals surface area contributed by atoms with Crippen molar-refractivity contribution in [1.82, 2.24) is 0 Å². The number of hydrogen-bond acceptors (Lipinski definition) is 1. The van der Waals surface area contributed by atoms with Gasteiger partial charge in [-0.05, 0) is 45.8 Å². The van der Waals surface area contributed by atoms with Crippen LogP contribution in [-0.2, 0) is 0 Å². The molecule has 0 fully saturated rings. The maximum Gasteiger partial charge on any atom is 0.153 e. The summed E-state index contributed by atoms with van der Waals surface area (Å²) in [6, 6.07) is 5.65. The van der Waals surface area contributed by atoms with Crippen molar-refractivity contribution in [3.8, 4) is 11.1 Å². The van der Waals surface area contributed by atoms with Crippen LogP contribution in [0.1, 0.15) is 10.4 Å². The van der Waals surface area contributed by atoms with Gasteiger partial charge in [0.1, 0.15) is 17.5 Å². The van der Waals surface area contributed by atoms with Crippen LogP contribution >= 0.6 is 15.9 Å². The second-order valence-electron chi connectivity index (χ2n) is 3.57. The Bertz CT molecular complexity index is 626. The van der Waals surface area contributed by atoms with E-state index in [4.69, 9.17) is 0 Å². The first kappa shape index (κ1) is 12.8. The molecule has 0 heterocycles. The van der Waals surface area contributed by atoms with Crippen molar-refractivity contribution in [2.75, 3.05) is 0 Å². The third-order valence-corrected chi connectivity index (χ3v) is 3.07. The number of carbonyl (C=O) groups excluding carboxylic acids is 1. The van der Waals surface area contributed by atoms with Crippen LogP contribution in [-0.4, -0.2) is 6.29 Å². The van der Waals surface area contributed by atoms with E-state index in [0.717, 1.165) is 18.2 Å². The van der Waals surface area contributed by atoms with E-state index in [1.54, 1.807) is 0 Å². The Morgan fingerprint density at radius 1 is 1.00 bits per heavy atom. The highest BCUT2D eigenvalue weighted by atomic mass is 79.9. The molecule has 0 atom stereocenters. The molecule has 2 rings (SSSR count). The number of rotatable bonds is 2. The molecule has 0 unspecified atom stereocenters. The fourth-order valence-electron chi connectivity index (χ4n) is 1.58. The number of aldehydes is 1. The normalized spacial score (nSPS) is 10.4. The minimum absolute atomic E-state index is 0.0934. The summed E-state index contributed by atoms with van der Waals surface area (Å²) < 4.78 is 40.7. The highest BCUT2D eigenvalue weighted by Gasteiger charge is 2.15. The largest absolute Gasteiger partial charge is 0.298 e. The predicted octanol–water partition coefficient (Wildman–Crippen LogP) is 4.35. The smallest absolute Gasteiger partial charge is 0.153 e. The molecular formula is C13H6BrF3O. The summed E-state index contributed by atoms with van der Waals surface area (Å²) in [6.07, 6.45) is 0.298. The third kappa shape index (κ3) is 2.18. The molecule has 92 valence electrons. The van der Waals surface area contributed by atoms with Crippen LogP contribution in [0.3, 0.4) is 0 Å². The quantitative estimate of drug-likeness (QED) is 0.595. The summed E-state index contributed by atoms with van der Waals surface area (Å²) in [6.45, 7) is 0. The van der Waals surface area contributed by atoms with Gasteiger partial charge in [0, 0.05) is 0 Å². The summed E-state index contributed by atoms with van der Waals surface area (Å²) in [7, 11) is 0. The Morgan fingerprint density at radius 3 is 2.33 bits per heavy atom. The number of hydrogen-bond donors (Lipinski definition) is 0. The predicted molar refractivity (Wildman–Crippen MR) is 64.8 cm³/mol. The van der Waals surface area contributed by atoms with Crippen molar-refractivity contribution in [3.05, 3.63) is 57.8 Å². The first-order chi connectivity index (χ1) is 8.54. The van der Waals surface area contributed by atoms with E-state index in [9.17, 15) is 18.0 Å². The molecule has 0 spiro atoms. The van der Waals surface area contributed by atoms with Gasteiger partial charge in [-0.15, -0.1) is 0 Å². The van der Waals surface area contributed by atoms with Gasteiger partial charge in [-0.2, -0.15) is 0 Å². The Kier molecular flexibility index (Phi) is 3.52. The van der Waals surface area contributed by atoms with E-state index in [0.29, 0.717) is 6.29 Å². The van der Waals surface area contributed by atoms with Crippen molar-refractivity contribution in [2.24, 2.45) is 0 Å². The highest BCUT2D eigenvalue weighted by molar-refractivity contribution is 9.10. The Morgan fingerprint density at radius 2 is 1.67 bits per heavy atom. The number of benzene rings is 2. The minimum Gasteiger partial charge on any atom is -0.298 e. The average Bonchev–Trinajstić information content (AvgIpc) is 2.36. The standard InChI is InChI=1S/C13H6BrF3O/c14-9-2-4-11(16)12(13(9)17)7-1-3-10(15)8(5-7)6-18/h1-6H. The van der Waals surface area contributed by atoms with E-state index in [1.807, 2.05) is 0 Å². The second-order valence-corrected chi connectivity index (χ2v) is 4.43. The molecule has 0 saturated heterocycles. The Balaban J connectivity index is 2.69. The van der Waals surface area contributed by atoms with Gasteiger partial charge in [-0.1, -0.05) is 6.07 Å². The SMILES string of the molecule is O=Cc1cc(-c2c(F)ccc(Br)c2F)ccc1F. The van der Waals surface area contributed by atoms with Gasteiger partial charge in [0.15, 0.2) is 6.29 Å². The van der Waals surface area contributed by atoms with Crippen LogP contribution < -0.4 is 0 Å². The van der Waals surface area contributed by atoms with Crippen LogP contribution in [0.25, 0.3) is 11.1 Å². The molecule has 1 nitrogen and oxygen atoms in total. The number of carbonyl (C=O) groups is 1. The molecule has 0 saturated carbocycles. The zero-order chi connectivity index (χ0) is 13.3. The lowest BCUT2D eigenvalue weighted by Gasteiger charge is -2.07. The average molecular weight is 315 g/mol. The van der Waals surface area contributed by atoms with Crippen molar-refractivity contribution in [1.29, 1.82) is 0 Å². The topological polar surface area (TPSA) is 17.1 Å². The fraction of sp³-hybridized carbons (Fsp3) is 0. The molecule has 5 heteroatoms. The molecule has 0 amide bonds. The minimum atomic E-state index is -0.793. The van der Waals surface area contributed by atoms with Gasteiger partial charge in [-0.25, -0.2) is 13.2 Å². The van der Waals surface area contributed by atoms with Crippen molar-refractivity contribution < 1.29 is 18.0 Å². The maximum absolute atomic E-state index is 13.8. The zero-order valence-electron chi connectivity index (χ0n) is 8.88. The third-order valence-electron chi connectivity index (χ3n) is 2.46. The van der Waals surface area contributed by atoms with Crippen molar-refractivity contribution in [2.45, 2.75) is 0 Å². The summed E-state index contributed by atoms with van der Waals surface area (Å²) in [4.78, 5) is 10.6. The second kappa shape index (κ2) is 4.94. The Labute approximate surface area is 109 Å². The van der Waals surface area contributed by atoms with Crippen LogP contribution in [0, 0.1) is 17.5 Å². The van der Waals surface area contributed by atoms with Crippen molar-refractivity contribution in [3.63, 3.8) is 0 Å². The lowest BCUT2D eigenvalue weighted by molar-refractivity contribution is 0.112. The van der Waals surface area contributed by atoms with Gasteiger partial charge >= 0.3 is 0 Å². The number of halogens is 4. The lowest BCUT2D eigenvalue weighted by Crippen LogP contribution is -1.94. The zero-order valence-corrected chi connectivity index (χ0v) is 10.5. The van der Waals surface area contributed by atoms with Crippen LogP contribution in [0.15, 0.2) is 34.8 Å². The Hall–Kier alpha value is -1.62. The molecule has 0 aromatic heterocycles. The van der Waals surface area contributed by atoms with E-state index in [1.165, 1.54) is 12.1 Å². The van der Waals surface area contributed by atoms with Crippen LogP contribution in [0.2, 0.25) is 0 Å². The van der Waals surface area contributed by atoms with Crippen molar-refractivity contribution >= 4 is 22.2 Å². The summed E-state index contributed by atoms with van der Waals surface area (Å²) in [5.74, 6) is -2.30. The van der Waals surface area contributed by atoms with Crippen LogP contribution in [0.4, 0.5) is 13.2 Å².